The predicted molar refractivity (Wildman–Crippen MR) is 183 cm³/mol. The largest absolute Gasteiger partial charge is 0.308 e. The van der Waals surface area contributed by atoms with Gasteiger partial charge in [0, 0.05) is 47.6 Å². The van der Waals surface area contributed by atoms with Gasteiger partial charge in [0.15, 0.2) is 17.5 Å². The maximum atomic E-state index is 5.10. The van der Waals surface area contributed by atoms with E-state index in [0.717, 1.165) is 27.9 Å². The molecule has 0 aliphatic heterocycles. The van der Waals surface area contributed by atoms with E-state index in [2.05, 4.69) is 89.5 Å². The maximum absolute atomic E-state index is 5.10. The molecule has 9 rings (SSSR count). The van der Waals surface area contributed by atoms with Gasteiger partial charge < -0.3 is 4.57 Å². The van der Waals surface area contributed by atoms with Gasteiger partial charge in [0.1, 0.15) is 0 Å². The Morgan fingerprint density at radius 2 is 1.02 bits per heavy atom. The molecule has 0 unspecified atom stereocenters. The molecule has 6 aromatic carbocycles. The molecular weight excluding hydrogens is 557 g/mol. The van der Waals surface area contributed by atoms with Crippen LogP contribution in [0.4, 0.5) is 0 Å². The number of aromatic nitrogens is 4. The second-order valence-electron chi connectivity index (χ2n) is 10.8. The van der Waals surface area contributed by atoms with Crippen LogP contribution in [0, 0.1) is 0 Å². The zero-order chi connectivity index (χ0) is 29.0. The minimum absolute atomic E-state index is 0.640. The van der Waals surface area contributed by atoms with E-state index in [-0.39, 0.29) is 0 Å². The van der Waals surface area contributed by atoms with E-state index < -0.39 is 0 Å². The number of fused-ring (bicyclic) bond motifs is 7. The van der Waals surface area contributed by atoms with Gasteiger partial charge in [-0.1, -0.05) is 115 Å². The van der Waals surface area contributed by atoms with Gasteiger partial charge in [-0.05, 0) is 30.3 Å². The summed E-state index contributed by atoms with van der Waals surface area (Å²) >= 11 is 1.84. The van der Waals surface area contributed by atoms with Crippen molar-refractivity contribution in [3.63, 3.8) is 0 Å². The zero-order valence-corrected chi connectivity index (χ0v) is 24.4. The number of hydrogen-bond donors (Lipinski definition) is 0. The minimum atomic E-state index is 0.640. The Hall–Kier alpha value is -5.65. The summed E-state index contributed by atoms with van der Waals surface area (Å²) in [7, 11) is 0. The molecule has 5 heteroatoms. The topological polar surface area (TPSA) is 43.6 Å². The van der Waals surface area contributed by atoms with Crippen LogP contribution in [-0.4, -0.2) is 19.5 Å². The van der Waals surface area contributed by atoms with Crippen molar-refractivity contribution in [2.45, 2.75) is 0 Å². The molecule has 0 amide bonds. The number of rotatable bonds is 4. The first-order valence-corrected chi connectivity index (χ1v) is 15.5. The van der Waals surface area contributed by atoms with Gasteiger partial charge in [-0.15, -0.1) is 11.3 Å². The molecule has 0 atom stereocenters. The lowest BCUT2D eigenvalue weighted by Gasteiger charge is -2.15. The fourth-order valence-electron chi connectivity index (χ4n) is 6.30. The lowest BCUT2D eigenvalue weighted by atomic mass is 10.1. The minimum Gasteiger partial charge on any atom is -0.308 e. The number of hydrogen-bond acceptors (Lipinski definition) is 4. The first kappa shape index (κ1) is 24.9. The van der Waals surface area contributed by atoms with E-state index in [0.29, 0.717) is 17.5 Å². The molecule has 0 radical (unpaired) electrons. The molecule has 0 aliphatic carbocycles. The Balaban J connectivity index is 1.39. The van der Waals surface area contributed by atoms with Crippen molar-refractivity contribution < 1.29 is 0 Å². The van der Waals surface area contributed by atoms with Gasteiger partial charge in [-0.2, -0.15) is 0 Å². The Labute approximate surface area is 257 Å². The van der Waals surface area contributed by atoms with Crippen molar-refractivity contribution in [3.8, 4) is 39.9 Å². The van der Waals surface area contributed by atoms with Crippen LogP contribution in [0.2, 0.25) is 0 Å². The summed E-state index contributed by atoms with van der Waals surface area (Å²) in [6.07, 6.45) is 0. The molecule has 44 heavy (non-hydrogen) atoms. The Kier molecular flexibility index (Phi) is 5.64. The van der Waals surface area contributed by atoms with E-state index >= 15 is 0 Å². The lowest BCUT2D eigenvalue weighted by Crippen LogP contribution is -2.03. The van der Waals surface area contributed by atoms with Crippen molar-refractivity contribution in [2.75, 3.05) is 0 Å². The molecule has 0 saturated heterocycles. The van der Waals surface area contributed by atoms with Crippen LogP contribution in [0.15, 0.2) is 146 Å². The van der Waals surface area contributed by atoms with Crippen LogP contribution >= 0.6 is 11.3 Å². The fraction of sp³-hybridized carbons (Fsp3) is 0. The molecule has 3 heterocycles. The molecular formula is C39H24N4S. The van der Waals surface area contributed by atoms with Gasteiger partial charge in [0.25, 0.3) is 0 Å². The van der Waals surface area contributed by atoms with E-state index in [1.54, 1.807) is 0 Å². The summed E-state index contributed by atoms with van der Waals surface area (Å²) in [4.78, 5) is 15.1. The Morgan fingerprint density at radius 1 is 0.432 bits per heavy atom. The molecule has 0 aliphatic rings. The lowest BCUT2D eigenvalue weighted by molar-refractivity contribution is 1.06. The van der Waals surface area contributed by atoms with E-state index in [9.17, 15) is 0 Å². The fourth-order valence-corrected chi connectivity index (χ4v) is 7.41. The number of thiophene rings is 1. The van der Waals surface area contributed by atoms with Gasteiger partial charge in [-0.25, -0.2) is 15.0 Å². The van der Waals surface area contributed by atoms with Crippen LogP contribution in [0.25, 0.3) is 81.8 Å². The molecule has 0 bridgehead atoms. The average Bonchev–Trinajstić information content (AvgIpc) is 3.64. The third kappa shape index (κ3) is 3.87. The van der Waals surface area contributed by atoms with Gasteiger partial charge in [-0.3, -0.25) is 0 Å². The van der Waals surface area contributed by atoms with Crippen molar-refractivity contribution >= 4 is 53.3 Å². The van der Waals surface area contributed by atoms with Crippen LogP contribution < -0.4 is 0 Å². The van der Waals surface area contributed by atoms with Gasteiger partial charge in [0.05, 0.1) is 16.7 Å². The molecule has 3 aromatic heterocycles. The van der Waals surface area contributed by atoms with Gasteiger partial charge >= 0.3 is 0 Å². The quantitative estimate of drug-likeness (QED) is 0.208. The standard InChI is InChI=1S/C39H24N4S/c1-3-13-25(14-4-1)37-40-38(26-15-5-2-6-16-26)42-39(41-37)29-18-8-11-21-32(29)43-31-20-10-7-17-27(31)28-23-24-34-35(36(28)43)30-19-9-12-22-33(30)44-34/h1-24H. The molecule has 206 valence electrons. The molecule has 4 nitrogen and oxygen atoms in total. The van der Waals surface area contributed by atoms with Crippen molar-refractivity contribution in [2.24, 2.45) is 0 Å². The molecule has 0 saturated carbocycles. The Bertz CT molecular complexity index is 2440. The molecule has 9 aromatic rings. The first-order chi connectivity index (χ1) is 21.8. The highest BCUT2D eigenvalue weighted by atomic mass is 32.1. The SMILES string of the molecule is c1ccc(-c2nc(-c3ccccc3)nc(-c3ccccc3-n3c4ccccc4c4ccc5sc6ccccc6c5c43)n2)cc1. The number of para-hydroxylation sites is 2. The summed E-state index contributed by atoms with van der Waals surface area (Å²) in [5, 5.41) is 5.01. The monoisotopic (exact) mass is 580 g/mol. The van der Waals surface area contributed by atoms with Crippen LogP contribution in [0.5, 0.6) is 0 Å². The number of benzene rings is 6. The highest BCUT2D eigenvalue weighted by Crippen LogP contribution is 2.44. The third-order valence-corrected chi connectivity index (χ3v) is 9.40. The predicted octanol–water partition coefficient (Wildman–Crippen LogP) is 10.3. The van der Waals surface area contributed by atoms with Crippen LogP contribution in [0.1, 0.15) is 0 Å². The van der Waals surface area contributed by atoms with E-state index in [1.807, 2.05) is 72.0 Å². The van der Waals surface area contributed by atoms with Crippen molar-refractivity contribution in [1.82, 2.24) is 19.5 Å². The van der Waals surface area contributed by atoms with Crippen LogP contribution in [-0.2, 0) is 0 Å². The molecule has 0 N–H and O–H groups in total. The smallest absolute Gasteiger partial charge is 0.166 e. The van der Waals surface area contributed by atoms with Crippen molar-refractivity contribution in [1.29, 1.82) is 0 Å². The molecule has 0 spiro atoms. The summed E-state index contributed by atoms with van der Waals surface area (Å²) in [6, 6.07) is 50.7. The first-order valence-electron chi connectivity index (χ1n) is 14.6. The highest BCUT2D eigenvalue weighted by Gasteiger charge is 2.21. The van der Waals surface area contributed by atoms with E-state index in [1.165, 1.54) is 36.5 Å². The Morgan fingerprint density at radius 3 is 1.77 bits per heavy atom. The molecule has 0 fully saturated rings. The van der Waals surface area contributed by atoms with Gasteiger partial charge in [0.2, 0.25) is 0 Å². The third-order valence-electron chi connectivity index (χ3n) is 8.26. The zero-order valence-electron chi connectivity index (χ0n) is 23.6. The summed E-state index contributed by atoms with van der Waals surface area (Å²) < 4.78 is 4.98. The van der Waals surface area contributed by atoms with E-state index in [4.69, 9.17) is 15.0 Å². The normalized spacial score (nSPS) is 11.6. The van der Waals surface area contributed by atoms with Crippen LogP contribution in [0.3, 0.4) is 0 Å². The maximum Gasteiger partial charge on any atom is 0.166 e. The summed E-state index contributed by atoms with van der Waals surface area (Å²) in [5.74, 6) is 1.94. The average molecular weight is 581 g/mol. The second-order valence-corrected chi connectivity index (χ2v) is 11.9. The second kappa shape index (κ2) is 9.97. The van der Waals surface area contributed by atoms with Crippen molar-refractivity contribution in [3.05, 3.63) is 146 Å². The summed E-state index contributed by atoms with van der Waals surface area (Å²) in [5.41, 5.74) is 6.24. The highest BCUT2D eigenvalue weighted by molar-refractivity contribution is 7.26. The number of nitrogens with zero attached hydrogens (tertiary/aromatic N) is 4. The summed E-state index contributed by atoms with van der Waals surface area (Å²) in [6.45, 7) is 0.